The normalized spacial score (nSPS) is 11.9. The van der Waals surface area contributed by atoms with Crippen molar-refractivity contribution in [2.75, 3.05) is 6.54 Å². The molecule has 0 aromatic heterocycles. The summed E-state index contributed by atoms with van der Waals surface area (Å²) in [7, 11) is 0. The summed E-state index contributed by atoms with van der Waals surface area (Å²) in [5.74, 6) is -1.62. The van der Waals surface area contributed by atoms with E-state index in [0.717, 1.165) is 0 Å². The van der Waals surface area contributed by atoms with Crippen LogP contribution >= 0.6 is 0 Å². The summed E-state index contributed by atoms with van der Waals surface area (Å²) in [5, 5.41) is 13.8. The molecule has 0 aliphatic carbocycles. The molecule has 104 valence electrons. The van der Waals surface area contributed by atoms with Gasteiger partial charge in [-0.05, 0) is 18.8 Å². The van der Waals surface area contributed by atoms with Gasteiger partial charge in [-0.3, -0.25) is 4.79 Å². The maximum atomic E-state index is 11.4. The molecular formula is C11H21N3O4. The van der Waals surface area contributed by atoms with E-state index in [1.54, 1.807) is 13.8 Å². The average molecular weight is 259 g/mol. The number of amides is 3. The lowest BCUT2D eigenvalue weighted by molar-refractivity contribution is -0.140. The molecule has 0 bridgehead atoms. The Morgan fingerprint density at radius 3 is 2.28 bits per heavy atom. The number of hydrogen-bond acceptors (Lipinski definition) is 3. The molecule has 7 nitrogen and oxygen atoms in total. The number of hydrogen-bond donors (Lipinski definition) is 4. The smallest absolute Gasteiger partial charge is 0.326 e. The van der Waals surface area contributed by atoms with Gasteiger partial charge in [0.1, 0.15) is 6.04 Å². The highest BCUT2D eigenvalue weighted by molar-refractivity contribution is 5.82. The van der Waals surface area contributed by atoms with Crippen molar-refractivity contribution in [3.05, 3.63) is 0 Å². The van der Waals surface area contributed by atoms with Gasteiger partial charge in [0.2, 0.25) is 5.91 Å². The van der Waals surface area contributed by atoms with Crippen molar-refractivity contribution in [1.29, 1.82) is 0 Å². The fraction of sp³-hybridized carbons (Fsp3) is 0.727. The van der Waals surface area contributed by atoms with Crippen LogP contribution in [0.1, 0.15) is 33.1 Å². The minimum absolute atomic E-state index is 0.192. The highest BCUT2D eigenvalue weighted by Gasteiger charge is 2.22. The Labute approximate surface area is 106 Å². The van der Waals surface area contributed by atoms with E-state index in [4.69, 9.17) is 10.8 Å². The zero-order valence-electron chi connectivity index (χ0n) is 10.7. The summed E-state index contributed by atoms with van der Waals surface area (Å²) in [6, 6.07) is -1.43. The summed E-state index contributed by atoms with van der Waals surface area (Å²) < 4.78 is 0. The quantitative estimate of drug-likeness (QED) is 0.460. The summed E-state index contributed by atoms with van der Waals surface area (Å²) in [6.45, 7) is 3.81. The van der Waals surface area contributed by atoms with Gasteiger partial charge in [-0.2, -0.15) is 0 Å². The third kappa shape index (κ3) is 7.48. The molecule has 0 rings (SSSR count). The highest BCUT2D eigenvalue weighted by Crippen LogP contribution is 2.01. The second-order valence-electron chi connectivity index (χ2n) is 4.38. The molecule has 1 atom stereocenters. The molecule has 0 heterocycles. The van der Waals surface area contributed by atoms with Gasteiger partial charge in [0.05, 0.1) is 0 Å². The number of carbonyl (C=O) groups is 3. The average Bonchev–Trinajstić information content (AvgIpc) is 2.24. The molecule has 0 aliphatic heterocycles. The van der Waals surface area contributed by atoms with Crippen molar-refractivity contribution in [2.24, 2.45) is 11.7 Å². The largest absolute Gasteiger partial charge is 0.480 e. The lowest BCUT2D eigenvalue weighted by atomic mass is 10.1. The van der Waals surface area contributed by atoms with Gasteiger partial charge < -0.3 is 21.5 Å². The first-order chi connectivity index (χ1) is 8.34. The molecular weight excluding hydrogens is 238 g/mol. The summed E-state index contributed by atoms with van der Waals surface area (Å²) in [4.78, 5) is 32.7. The Morgan fingerprint density at radius 1 is 1.22 bits per heavy atom. The molecule has 0 saturated carbocycles. The Morgan fingerprint density at radius 2 is 1.83 bits per heavy atom. The number of primary amides is 1. The Balaban J connectivity index is 3.82. The molecule has 0 radical (unpaired) electrons. The van der Waals surface area contributed by atoms with Crippen molar-refractivity contribution < 1.29 is 19.5 Å². The lowest BCUT2D eigenvalue weighted by Crippen LogP contribution is -2.48. The first-order valence-electron chi connectivity index (χ1n) is 5.90. The molecule has 0 saturated heterocycles. The van der Waals surface area contributed by atoms with Crippen molar-refractivity contribution >= 4 is 17.9 Å². The second-order valence-corrected chi connectivity index (χ2v) is 4.38. The van der Waals surface area contributed by atoms with Crippen LogP contribution in [0.25, 0.3) is 0 Å². The minimum atomic E-state index is -1.06. The van der Waals surface area contributed by atoms with E-state index < -0.39 is 18.0 Å². The van der Waals surface area contributed by atoms with Crippen molar-refractivity contribution in [3.63, 3.8) is 0 Å². The minimum Gasteiger partial charge on any atom is -0.480 e. The van der Waals surface area contributed by atoms with Crippen LogP contribution in [-0.2, 0) is 9.59 Å². The molecule has 3 amide bonds. The van der Waals surface area contributed by atoms with Gasteiger partial charge in [-0.25, -0.2) is 9.59 Å². The van der Waals surface area contributed by atoms with Gasteiger partial charge >= 0.3 is 12.0 Å². The van der Waals surface area contributed by atoms with Crippen LogP contribution in [0, 0.1) is 5.92 Å². The number of nitrogens with two attached hydrogens (primary N) is 1. The number of rotatable bonds is 8. The van der Waals surface area contributed by atoms with E-state index in [1.165, 1.54) is 0 Å². The molecule has 0 aromatic carbocycles. The third-order valence-corrected chi connectivity index (χ3v) is 2.35. The first-order valence-corrected chi connectivity index (χ1v) is 5.90. The number of urea groups is 1. The summed E-state index contributed by atoms with van der Waals surface area (Å²) in [6.07, 6.45) is 1.50. The van der Waals surface area contributed by atoms with E-state index in [0.29, 0.717) is 19.4 Å². The summed E-state index contributed by atoms with van der Waals surface area (Å²) >= 11 is 0. The van der Waals surface area contributed by atoms with E-state index in [1.807, 2.05) is 0 Å². The number of nitrogens with one attached hydrogen (secondary N) is 2. The SMILES string of the molecule is CC(C)[C@H](NC(=O)NCCCCC(N)=O)C(=O)O. The number of carboxylic acid groups (broad SMARTS) is 1. The van der Waals surface area contributed by atoms with E-state index in [-0.39, 0.29) is 18.2 Å². The monoisotopic (exact) mass is 259 g/mol. The molecule has 0 fully saturated rings. The van der Waals surface area contributed by atoms with Gasteiger partial charge in [-0.15, -0.1) is 0 Å². The summed E-state index contributed by atoms with van der Waals surface area (Å²) in [5.41, 5.74) is 4.96. The Bertz CT molecular complexity index is 305. The first kappa shape index (κ1) is 16.2. The van der Waals surface area contributed by atoms with Crippen molar-refractivity contribution in [3.8, 4) is 0 Å². The molecule has 7 heteroatoms. The standard InChI is InChI=1S/C11H21N3O4/c1-7(2)9(10(16)17)14-11(18)13-6-4-3-5-8(12)15/h7,9H,3-6H2,1-2H3,(H2,12,15)(H,16,17)(H2,13,14,18)/t9-/m0/s1. The van der Waals surface area contributed by atoms with Crippen LogP contribution in [-0.4, -0.2) is 35.6 Å². The number of carbonyl (C=O) groups excluding carboxylic acids is 2. The predicted octanol–water partition coefficient (Wildman–Crippen LogP) is 0.0504. The maximum absolute atomic E-state index is 11.4. The molecule has 5 N–H and O–H groups in total. The molecule has 18 heavy (non-hydrogen) atoms. The lowest BCUT2D eigenvalue weighted by Gasteiger charge is -2.18. The Hall–Kier alpha value is -1.79. The second kappa shape index (κ2) is 8.32. The van der Waals surface area contributed by atoms with Gasteiger partial charge in [0, 0.05) is 13.0 Å². The van der Waals surface area contributed by atoms with Crippen LogP contribution in [0.4, 0.5) is 4.79 Å². The van der Waals surface area contributed by atoms with Crippen LogP contribution < -0.4 is 16.4 Å². The maximum Gasteiger partial charge on any atom is 0.326 e. The Kier molecular flexibility index (Phi) is 7.50. The van der Waals surface area contributed by atoms with Crippen LogP contribution in [0.5, 0.6) is 0 Å². The topological polar surface area (TPSA) is 122 Å². The van der Waals surface area contributed by atoms with Gasteiger partial charge in [0.15, 0.2) is 0 Å². The molecule has 0 aromatic rings. The zero-order valence-corrected chi connectivity index (χ0v) is 10.7. The molecule has 0 spiro atoms. The fourth-order valence-electron chi connectivity index (χ4n) is 1.33. The van der Waals surface area contributed by atoms with Crippen LogP contribution in [0.15, 0.2) is 0 Å². The third-order valence-electron chi connectivity index (χ3n) is 2.35. The van der Waals surface area contributed by atoms with Crippen LogP contribution in [0.2, 0.25) is 0 Å². The van der Waals surface area contributed by atoms with Crippen molar-refractivity contribution in [2.45, 2.75) is 39.2 Å². The number of aliphatic carboxylic acids is 1. The highest BCUT2D eigenvalue weighted by atomic mass is 16.4. The van der Waals surface area contributed by atoms with Crippen LogP contribution in [0.3, 0.4) is 0 Å². The predicted molar refractivity (Wildman–Crippen MR) is 65.8 cm³/mol. The number of carboxylic acids is 1. The molecule has 0 unspecified atom stereocenters. The zero-order chi connectivity index (χ0) is 14.1. The molecule has 0 aliphatic rings. The number of unbranched alkanes of at least 4 members (excludes halogenated alkanes) is 1. The fourth-order valence-corrected chi connectivity index (χ4v) is 1.33. The van der Waals surface area contributed by atoms with Gasteiger partial charge in [0.25, 0.3) is 0 Å². The van der Waals surface area contributed by atoms with E-state index in [2.05, 4.69) is 10.6 Å². The van der Waals surface area contributed by atoms with E-state index >= 15 is 0 Å². The van der Waals surface area contributed by atoms with Gasteiger partial charge in [-0.1, -0.05) is 13.8 Å². The van der Waals surface area contributed by atoms with Crippen molar-refractivity contribution in [1.82, 2.24) is 10.6 Å². The van der Waals surface area contributed by atoms with E-state index in [9.17, 15) is 14.4 Å².